The summed E-state index contributed by atoms with van der Waals surface area (Å²) in [4.78, 5) is 0. The Morgan fingerprint density at radius 3 is 1.20 bits per heavy atom. The molecule has 0 amide bonds. The summed E-state index contributed by atoms with van der Waals surface area (Å²) in [5.74, 6) is 0. The zero-order valence-electron chi connectivity index (χ0n) is 2.34. The van der Waals surface area contributed by atoms with E-state index < -0.39 is 3.42 Å². The molecule has 5 heavy (non-hydrogen) atoms. The molecule has 0 N–H and O–H groups in total. The van der Waals surface area contributed by atoms with Crippen molar-refractivity contribution in [1.82, 2.24) is 0 Å². The fourth-order valence-corrected chi connectivity index (χ4v) is 0. The Morgan fingerprint density at radius 2 is 1.20 bits per heavy atom. The molecule has 0 rings (SSSR count). The first kappa shape index (κ1) is 6.09. The molecule has 0 spiro atoms. The van der Waals surface area contributed by atoms with E-state index in [0.29, 0.717) is 0 Å². The number of alkyl halides is 3. The predicted octanol–water partition coefficient (Wildman–Crippen LogP) is 0.947. The molecule has 1 radical (unpaired) electrons. The standard InChI is InChI=1S/CH2Cl3Si/c2-1(3,4)5/h5H2. The van der Waals surface area contributed by atoms with Gasteiger partial charge in [-0.25, -0.2) is 0 Å². The molecule has 0 unspecified atom stereocenters. The minimum Gasteiger partial charge on any atom is -0.0894 e. The van der Waals surface area contributed by atoms with Crippen LogP contribution in [0.25, 0.3) is 0 Å². The lowest BCUT2D eigenvalue weighted by Crippen LogP contribution is -1.96. The van der Waals surface area contributed by atoms with Crippen LogP contribution in [0.4, 0.5) is 0 Å². The highest BCUT2D eigenvalue weighted by molar-refractivity contribution is 6.81. The molecule has 0 aliphatic heterocycles. The van der Waals surface area contributed by atoms with Gasteiger partial charge in [0.1, 0.15) is 0 Å². The van der Waals surface area contributed by atoms with Crippen molar-refractivity contribution in [2.75, 3.05) is 0 Å². The van der Waals surface area contributed by atoms with Gasteiger partial charge in [0, 0.05) is 0 Å². The first-order chi connectivity index (χ1) is 2.00. The third-order valence-corrected chi connectivity index (χ3v) is 0. The van der Waals surface area contributed by atoms with Gasteiger partial charge in [0.05, 0.1) is 10.2 Å². The normalized spacial score (nSPS) is 12.0. The summed E-state index contributed by atoms with van der Waals surface area (Å²) in [5.41, 5.74) is 0. The maximum atomic E-state index is 5.07. The third-order valence-electron chi connectivity index (χ3n) is 0. The molecule has 0 saturated carbocycles. The van der Waals surface area contributed by atoms with Crippen LogP contribution in [0.3, 0.4) is 0 Å². The summed E-state index contributed by atoms with van der Waals surface area (Å²) >= 11 is 15.2. The largest absolute Gasteiger partial charge is 0.167 e. The molecule has 31 valence electrons. The molecule has 0 aromatic carbocycles. The van der Waals surface area contributed by atoms with Crippen LogP contribution in [0.1, 0.15) is 0 Å². The zero-order valence-corrected chi connectivity index (χ0v) is 6.02. The van der Waals surface area contributed by atoms with Crippen molar-refractivity contribution < 1.29 is 0 Å². The smallest absolute Gasteiger partial charge is 0.0894 e. The maximum absolute atomic E-state index is 5.07. The first-order valence-electron chi connectivity index (χ1n) is 0.921. The van der Waals surface area contributed by atoms with Gasteiger partial charge >= 0.3 is 0 Å². The highest BCUT2D eigenvalue weighted by Crippen LogP contribution is 2.19. The second-order valence-corrected chi connectivity index (χ2v) is 5.54. The van der Waals surface area contributed by atoms with E-state index in [9.17, 15) is 0 Å². The van der Waals surface area contributed by atoms with Crippen LogP contribution in [-0.4, -0.2) is 13.7 Å². The van der Waals surface area contributed by atoms with Gasteiger partial charge in [0.2, 0.25) is 0 Å². The Morgan fingerprint density at radius 1 is 1.20 bits per heavy atom. The van der Waals surface area contributed by atoms with E-state index in [0.717, 1.165) is 0 Å². The van der Waals surface area contributed by atoms with E-state index in [4.69, 9.17) is 34.8 Å². The minimum atomic E-state index is -1.06. The van der Waals surface area contributed by atoms with Gasteiger partial charge < -0.3 is 0 Å². The topological polar surface area (TPSA) is 0 Å². The summed E-state index contributed by atoms with van der Waals surface area (Å²) in [6, 6.07) is 0. The molecule has 0 aliphatic carbocycles. The van der Waals surface area contributed by atoms with Gasteiger partial charge in [-0.05, 0) is 0 Å². The highest BCUT2D eigenvalue weighted by Gasteiger charge is 2.06. The average molecular weight is 148 g/mol. The van der Waals surface area contributed by atoms with Crippen molar-refractivity contribution in [2.24, 2.45) is 0 Å². The van der Waals surface area contributed by atoms with Gasteiger partial charge in [0.25, 0.3) is 0 Å². The Hall–Kier alpha value is 1.09. The molecular formula is CH2Cl3Si. The van der Waals surface area contributed by atoms with Crippen LogP contribution in [0, 0.1) is 0 Å². The molecule has 4 heteroatoms. The summed E-state index contributed by atoms with van der Waals surface area (Å²) in [6.07, 6.45) is 0. The molecule has 0 aromatic rings. The fraction of sp³-hybridized carbons (Fsp3) is 1.00. The number of halogens is 3. The Kier molecular flexibility index (Phi) is 2.06. The summed E-state index contributed by atoms with van der Waals surface area (Å²) in [7, 11) is 1.31. The first-order valence-corrected chi connectivity index (χ1v) is 2.76. The second-order valence-electron chi connectivity index (χ2n) is 0.615. The molecule has 0 nitrogen and oxygen atoms in total. The second kappa shape index (κ2) is 1.69. The number of hydrogen-bond acceptors (Lipinski definition) is 0. The zero-order chi connectivity index (χ0) is 4.50. The van der Waals surface area contributed by atoms with E-state index in [1.165, 1.54) is 10.2 Å². The van der Waals surface area contributed by atoms with Crippen molar-refractivity contribution >= 4 is 45.0 Å². The monoisotopic (exact) mass is 147 g/mol. The van der Waals surface area contributed by atoms with Crippen LogP contribution in [0.15, 0.2) is 0 Å². The Bertz CT molecular complexity index is 22.4. The van der Waals surface area contributed by atoms with Crippen LogP contribution >= 0.6 is 34.8 Å². The minimum absolute atomic E-state index is 1.06. The molecule has 0 aliphatic rings. The average Bonchev–Trinajstić information content (AvgIpc) is 0.722. The van der Waals surface area contributed by atoms with Crippen molar-refractivity contribution in [3.8, 4) is 0 Å². The van der Waals surface area contributed by atoms with Crippen LogP contribution in [0.5, 0.6) is 0 Å². The van der Waals surface area contributed by atoms with Crippen molar-refractivity contribution in [3.63, 3.8) is 0 Å². The lowest BCUT2D eigenvalue weighted by atomic mass is 11.8. The molecule has 0 aromatic heterocycles. The van der Waals surface area contributed by atoms with E-state index in [2.05, 4.69) is 0 Å². The summed E-state index contributed by atoms with van der Waals surface area (Å²) < 4.78 is -1.06. The fourth-order valence-electron chi connectivity index (χ4n) is 0. The molecule has 0 heterocycles. The Labute approximate surface area is 48.8 Å². The van der Waals surface area contributed by atoms with Gasteiger partial charge in [0.15, 0.2) is 3.42 Å². The lowest BCUT2D eigenvalue weighted by molar-refractivity contribution is 1.75. The molecule has 0 saturated heterocycles. The van der Waals surface area contributed by atoms with Crippen molar-refractivity contribution in [3.05, 3.63) is 0 Å². The van der Waals surface area contributed by atoms with E-state index in [1.807, 2.05) is 0 Å². The summed E-state index contributed by atoms with van der Waals surface area (Å²) in [5, 5.41) is 0. The quantitative estimate of drug-likeness (QED) is 0.354. The molecule has 0 fully saturated rings. The molecule has 0 bridgehead atoms. The van der Waals surface area contributed by atoms with E-state index in [1.54, 1.807) is 0 Å². The predicted molar refractivity (Wildman–Crippen MR) is 28.8 cm³/mol. The van der Waals surface area contributed by atoms with E-state index in [-0.39, 0.29) is 0 Å². The van der Waals surface area contributed by atoms with Crippen LogP contribution in [0.2, 0.25) is 0 Å². The molecular weight excluding hydrogens is 146 g/mol. The lowest BCUT2D eigenvalue weighted by Gasteiger charge is -1.94. The van der Waals surface area contributed by atoms with Gasteiger partial charge in [-0.2, -0.15) is 0 Å². The van der Waals surface area contributed by atoms with Gasteiger partial charge in [-0.1, -0.05) is 34.8 Å². The third kappa shape index (κ3) is 41.0. The van der Waals surface area contributed by atoms with Gasteiger partial charge in [-0.3, -0.25) is 0 Å². The SMILES string of the molecule is [SiH2]C(Cl)(Cl)Cl. The highest BCUT2D eigenvalue weighted by atomic mass is 35.6. The van der Waals surface area contributed by atoms with Crippen LogP contribution in [-0.2, 0) is 0 Å². The number of hydrogen-bond donors (Lipinski definition) is 0. The van der Waals surface area contributed by atoms with Crippen molar-refractivity contribution in [1.29, 1.82) is 0 Å². The maximum Gasteiger partial charge on any atom is 0.167 e. The van der Waals surface area contributed by atoms with Crippen molar-refractivity contribution in [2.45, 2.75) is 3.42 Å². The molecule has 0 atom stereocenters. The number of rotatable bonds is 0. The van der Waals surface area contributed by atoms with Gasteiger partial charge in [-0.15, -0.1) is 0 Å². The summed E-state index contributed by atoms with van der Waals surface area (Å²) in [6.45, 7) is 0. The van der Waals surface area contributed by atoms with E-state index >= 15 is 0 Å². The van der Waals surface area contributed by atoms with Crippen LogP contribution < -0.4 is 0 Å². The Balaban J connectivity index is 3.02.